The molecule has 0 spiro atoms. The van der Waals surface area contributed by atoms with Crippen LogP contribution in [0.15, 0.2) is 24.3 Å². The molecule has 0 radical (unpaired) electrons. The highest BCUT2D eigenvalue weighted by molar-refractivity contribution is 5.86. The minimum Gasteiger partial charge on any atom is -0.481 e. The fourth-order valence-electron chi connectivity index (χ4n) is 3.75. The Bertz CT molecular complexity index is 608. The molecule has 0 aliphatic heterocycles. The molecule has 1 fully saturated rings. The summed E-state index contributed by atoms with van der Waals surface area (Å²) in [6.07, 6.45) is 3.21. The largest absolute Gasteiger partial charge is 0.481 e. The summed E-state index contributed by atoms with van der Waals surface area (Å²) in [4.78, 5) is 23.5. The molecule has 4 nitrogen and oxygen atoms in total. The molecule has 1 saturated carbocycles. The number of carbonyl (C=O) groups excluding carboxylic acids is 1. The highest BCUT2D eigenvalue weighted by Crippen LogP contribution is 2.42. The molecule has 0 heterocycles. The van der Waals surface area contributed by atoms with Crippen molar-refractivity contribution in [1.29, 1.82) is 0 Å². The summed E-state index contributed by atoms with van der Waals surface area (Å²) in [6.45, 7) is 4.46. The monoisotopic (exact) mass is 301 g/mol. The van der Waals surface area contributed by atoms with Crippen molar-refractivity contribution in [2.75, 3.05) is 0 Å². The molecular formula is C18H23NO3. The molecule has 3 atom stereocenters. The molecule has 2 aliphatic carbocycles. The Morgan fingerprint density at radius 3 is 2.45 bits per heavy atom. The van der Waals surface area contributed by atoms with Crippen LogP contribution < -0.4 is 5.32 Å². The SMILES string of the molecule is CC1(C)CCC(NC(=O)C2CCC2C(=O)O)c2ccccc21. The van der Waals surface area contributed by atoms with Gasteiger partial charge in [0.25, 0.3) is 0 Å². The first-order valence-electron chi connectivity index (χ1n) is 8.03. The normalized spacial score (nSPS) is 29.1. The van der Waals surface area contributed by atoms with Crippen LogP contribution in [0.3, 0.4) is 0 Å². The predicted molar refractivity (Wildman–Crippen MR) is 83.4 cm³/mol. The van der Waals surface area contributed by atoms with Gasteiger partial charge in [0.1, 0.15) is 0 Å². The average molecular weight is 301 g/mol. The summed E-state index contributed by atoms with van der Waals surface area (Å²) in [5.41, 5.74) is 2.59. The van der Waals surface area contributed by atoms with Crippen molar-refractivity contribution < 1.29 is 14.7 Å². The van der Waals surface area contributed by atoms with Crippen molar-refractivity contribution in [2.24, 2.45) is 11.8 Å². The molecule has 2 aliphatic rings. The minimum atomic E-state index is -0.850. The van der Waals surface area contributed by atoms with E-state index in [4.69, 9.17) is 5.11 Å². The van der Waals surface area contributed by atoms with Gasteiger partial charge in [-0.25, -0.2) is 0 Å². The van der Waals surface area contributed by atoms with E-state index in [1.54, 1.807) is 0 Å². The lowest BCUT2D eigenvalue weighted by molar-refractivity contribution is -0.153. The number of carboxylic acid groups (broad SMARTS) is 1. The van der Waals surface area contributed by atoms with Crippen molar-refractivity contribution in [1.82, 2.24) is 5.32 Å². The van der Waals surface area contributed by atoms with Gasteiger partial charge in [0.15, 0.2) is 0 Å². The van der Waals surface area contributed by atoms with E-state index in [0.717, 1.165) is 12.8 Å². The quantitative estimate of drug-likeness (QED) is 0.902. The van der Waals surface area contributed by atoms with Crippen molar-refractivity contribution in [2.45, 2.75) is 51.0 Å². The number of aliphatic carboxylic acids is 1. The summed E-state index contributed by atoms with van der Waals surface area (Å²) in [7, 11) is 0. The molecule has 2 N–H and O–H groups in total. The summed E-state index contributed by atoms with van der Waals surface area (Å²) < 4.78 is 0. The van der Waals surface area contributed by atoms with Crippen LogP contribution in [0.25, 0.3) is 0 Å². The van der Waals surface area contributed by atoms with Crippen LogP contribution >= 0.6 is 0 Å². The van der Waals surface area contributed by atoms with E-state index in [1.807, 2.05) is 12.1 Å². The Kier molecular flexibility index (Phi) is 3.71. The van der Waals surface area contributed by atoms with Gasteiger partial charge in [0, 0.05) is 0 Å². The summed E-state index contributed by atoms with van der Waals surface area (Å²) >= 11 is 0. The van der Waals surface area contributed by atoms with Gasteiger partial charge < -0.3 is 10.4 Å². The molecule has 1 aromatic carbocycles. The lowest BCUT2D eigenvalue weighted by atomic mass is 9.70. The lowest BCUT2D eigenvalue weighted by Gasteiger charge is -2.39. The molecule has 0 aromatic heterocycles. The maximum absolute atomic E-state index is 12.4. The van der Waals surface area contributed by atoms with Gasteiger partial charge in [-0.2, -0.15) is 0 Å². The molecule has 1 amide bonds. The highest BCUT2D eigenvalue weighted by Gasteiger charge is 2.42. The Morgan fingerprint density at radius 2 is 1.82 bits per heavy atom. The van der Waals surface area contributed by atoms with Gasteiger partial charge in [0.05, 0.1) is 17.9 Å². The van der Waals surface area contributed by atoms with Crippen LogP contribution in [0.1, 0.15) is 56.7 Å². The Labute approximate surface area is 130 Å². The Hall–Kier alpha value is -1.84. The van der Waals surface area contributed by atoms with Gasteiger partial charge in [-0.05, 0) is 42.2 Å². The number of amides is 1. The van der Waals surface area contributed by atoms with Gasteiger partial charge in [0.2, 0.25) is 5.91 Å². The van der Waals surface area contributed by atoms with E-state index < -0.39 is 11.9 Å². The molecule has 0 bridgehead atoms. The summed E-state index contributed by atoms with van der Waals surface area (Å²) in [6, 6.07) is 8.26. The number of hydrogen-bond donors (Lipinski definition) is 2. The number of hydrogen-bond acceptors (Lipinski definition) is 2. The van der Waals surface area contributed by atoms with Crippen LogP contribution in [0.4, 0.5) is 0 Å². The molecule has 4 heteroatoms. The van der Waals surface area contributed by atoms with Crippen LogP contribution in [0.5, 0.6) is 0 Å². The van der Waals surface area contributed by atoms with E-state index in [-0.39, 0.29) is 23.3 Å². The number of carbonyl (C=O) groups is 2. The van der Waals surface area contributed by atoms with Gasteiger partial charge in [-0.15, -0.1) is 0 Å². The van der Waals surface area contributed by atoms with E-state index >= 15 is 0 Å². The smallest absolute Gasteiger partial charge is 0.307 e. The molecule has 118 valence electrons. The topological polar surface area (TPSA) is 66.4 Å². The molecule has 3 unspecified atom stereocenters. The first-order chi connectivity index (χ1) is 10.4. The zero-order valence-electron chi connectivity index (χ0n) is 13.1. The number of fused-ring (bicyclic) bond motifs is 1. The third kappa shape index (κ3) is 2.51. The molecule has 3 rings (SSSR count). The minimum absolute atomic E-state index is 0.00627. The third-order valence-corrected chi connectivity index (χ3v) is 5.37. The van der Waals surface area contributed by atoms with Crippen LogP contribution in [0, 0.1) is 11.8 Å². The second-order valence-corrected chi connectivity index (χ2v) is 7.20. The number of benzene rings is 1. The van der Waals surface area contributed by atoms with Gasteiger partial charge >= 0.3 is 5.97 Å². The standard InChI is InChI=1S/C18H23NO3/c1-18(2)10-9-15(13-5-3-4-6-14(13)18)19-16(20)11-7-8-12(11)17(21)22/h3-6,11-12,15H,7-10H2,1-2H3,(H,19,20)(H,21,22). The molecule has 1 aromatic rings. The van der Waals surface area contributed by atoms with E-state index in [0.29, 0.717) is 12.8 Å². The number of rotatable bonds is 3. The summed E-state index contributed by atoms with van der Waals surface area (Å²) in [5.74, 6) is -1.82. The van der Waals surface area contributed by atoms with Crippen LogP contribution in [0.2, 0.25) is 0 Å². The summed E-state index contributed by atoms with van der Waals surface area (Å²) in [5, 5.41) is 12.2. The second kappa shape index (κ2) is 5.41. The average Bonchev–Trinajstić information content (AvgIpc) is 2.40. The first-order valence-corrected chi connectivity index (χ1v) is 8.03. The van der Waals surface area contributed by atoms with Crippen molar-refractivity contribution >= 4 is 11.9 Å². The predicted octanol–water partition coefficient (Wildman–Crippen LogP) is 3.03. The molecule has 22 heavy (non-hydrogen) atoms. The zero-order chi connectivity index (χ0) is 15.9. The van der Waals surface area contributed by atoms with Crippen molar-refractivity contribution in [3.8, 4) is 0 Å². The highest BCUT2D eigenvalue weighted by atomic mass is 16.4. The van der Waals surface area contributed by atoms with E-state index in [9.17, 15) is 9.59 Å². The molecular weight excluding hydrogens is 278 g/mol. The van der Waals surface area contributed by atoms with E-state index in [1.165, 1.54) is 11.1 Å². The van der Waals surface area contributed by atoms with Crippen LogP contribution in [-0.4, -0.2) is 17.0 Å². The number of nitrogens with one attached hydrogen (secondary N) is 1. The van der Waals surface area contributed by atoms with Gasteiger partial charge in [-0.1, -0.05) is 38.1 Å². The maximum Gasteiger partial charge on any atom is 0.307 e. The first kappa shape index (κ1) is 15.1. The van der Waals surface area contributed by atoms with Gasteiger partial charge in [-0.3, -0.25) is 9.59 Å². The van der Waals surface area contributed by atoms with Crippen LogP contribution in [-0.2, 0) is 15.0 Å². The Balaban J connectivity index is 1.77. The fraction of sp³-hybridized carbons (Fsp3) is 0.556. The maximum atomic E-state index is 12.4. The molecule has 0 saturated heterocycles. The zero-order valence-corrected chi connectivity index (χ0v) is 13.1. The lowest BCUT2D eigenvalue weighted by Crippen LogP contribution is -2.46. The second-order valence-electron chi connectivity index (χ2n) is 7.20. The number of carboxylic acids is 1. The fourth-order valence-corrected chi connectivity index (χ4v) is 3.75. The van der Waals surface area contributed by atoms with Crippen molar-refractivity contribution in [3.05, 3.63) is 35.4 Å². The Morgan fingerprint density at radius 1 is 1.14 bits per heavy atom. The third-order valence-electron chi connectivity index (χ3n) is 5.37. The van der Waals surface area contributed by atoms with E-state index in [2.05, 4.69) is 31.3 Å². The van der Waals surface area contributed by atoms with Crippen molar-refractivity contribution in [3.63, 3.8) is 0 Å².